The van der Waals surface area contributed by atoms with Crippen molar-refractivity contribution in [3.05, 3.63) is 69.5 Å². The predicted molar refractivity (Wildman–Crippen MR) is 93.2 cm³/mol. The van der Waals surface area contributed by atoms with Gasteiger partial charge in [0, 0.05) is 22.9 Å². The lowest BCUT2D eigenvalue weighted by molar-refractivity contribution is -0.385. The first kappa shape index (κ1) is 18.7. The summed E-state index contributed by atoms with van der Waals surface area (Å²) in [4.78, 5) is 33.7. The topological polar surface area (TPSA) is 114 Å². The van der Waals surface area contributed by atoms with Crippen LogP contribution in [0, 0.1) is 22.9 Å². The minimum absolute atomic E-state index is 0.0565. The van der Waals surface area contributed by atoms with Crippen LogP contribution >= 0.6 is 0 Å². The number of aryl methyl sites for hydroxylation is 1. The number of nitrogens with one attached hydrogen (secondary N) is 2. The van der Waals surface area contributed by atoms with Gasteiger partial charge in [-0.15, -0.1) is 0 Å². The summed E-state index contributed by atoms with van der Waals surface area (Å²) in [7, 11) is 0. The molecule has 0 aliphatic rings. The zero-order valence-corrected chi connectivity index (χ0v) is 13.7. The maximum Gasteiger partial charge on any atom is 0.272 e. The summed E-state index contributed by atoms with van der Waals surface area (Å²) >= 11 is 0. The molecule has 0 spiro atoms. The summed E-state index contributed by atoms with van der Waals surface area (Å²) in [5, 5.41) is 17.0. The smallest absolute Gasteiger partial charge is 0.272 e. The maximum atomic E-state index is 12.8. The monoisotopic (exact) mass is 358 g/mol. The Morgan fingerprint density at radius 1 is 1.19 bits per heavy atom. The molecule has 9 heteroatoms. The number of rotatable bonds is 6. The second-order valence-electron chi connectivity index (χ2n) is 5.33. The van der Waals surface area contributed by atoms with Gasteiger partial charge in [-0.1, -0.05) is 12.1 Å². The molecular formula is C17H15FN4O4. The molecule has 2 aromatic carbocycles. The van der Waals surface area contributed by atoms with Crippen molar-refractivity contribution in [2.45, 2.75) is 13.3 Å². The fraction of sp³-hybridized carbons (Fsp3) is 0.118. The summed E-state index contributed by atoms with van der Waals surface area (Å²) in [6.45, 7) is 1.61. The van der Waals surface area contributed by atoms with E-state index in [4.69, 9.17) is 0 Å². The number of nitrogens with zero attached hydrogens (tertiary/aromatic N) is 2. The summed E-state index contributed by atoms with van der Waals surface area (Å²) < 4.78 is 12.8. The summed E-state index contributed by atoms with van der Waals surface area (Å²) in [5.74, 6) is -1.69. The fourth-order valence-corrected chi connectivity index (χ4v) is 2.01. The van der Waals surface area contributed by atoms with Crippen molar-refractivity contribution >= 4 is 29.4 Å². The Morgan fingerprint density at radius 3 is 2.54 bits per heavy atom. The summed E-state index contributed by atoms with van der Waals surface area (Å²) in [5.41, 5.74) is 3.40. The molecule has 0 aromatic heterocycles. The minimum atomic E-state index is -0.664. The maximum absolute atomic E-state index is 12.8. The first-order valence-electron chi connectivity index (χ1n) is 7.47. The first-order valence-corrected chi connectivity index (χ1v) is 7.47. The molecule has 0 saturated carbocycles. The molecule has 0 atom stereocenters. The fourth-order valence-electron chi connectivity index (χ4n) is 2.01. The van der Waals surface area contributed by atoms with Gasteiger partial charge in [-0.3, -0.25) is 19.7 Å². The van der Waals surface area contributed by atoms with E-state index in [2.05, 4.69) is 15.8 Å². The number of carbonyl (C=O) groups is 2. The van der Waals surface area contributed by atoms with Crippen LogP contribution in [0.3, 0.4) is 0 Å². The average Bonchev–Trinajstić information content (AvgIpc) is 2.58. The molecule has 0 heterocycles. The minimum Gasteiger partial charge on any atom is -0.326 e. The first-order chi connectivity index (χ1) is 12.3. The lowest BCUT2D eigenvalue weighted by Gasteiger charge is -2.04. The third-order valence-corrected chi connectivity index (χ3v) is 3.28. The molecule has 0 aliphatic heterocycles. The Balaban J connectivity index is 1.87. The van der Waals surface area contributed by atoms with Crippen LogP contribution in [0.15, 0.2) is 47.6 Å². The zero-order chi connectivity index (χ0) is 19.1. The molecule has 8 nitrogen and oxygen atoms in total. The molecule has 134 valence electrons. The van der Waals surface area contributed by atoms with Crippen molar-refractivity contribution in [1.29, 1.82) is 0 Å². The number of hydrazone groups is 1. The third kappa shape index (κ3) is 5.48. The van der Waals surface area contributed by atoms with Gasteiger partial charge in [0.2, 0.25) is 11.8 Å². The van der Waals surface area contributed by atoms with Gasteiger partial charge in [0.25, 0.3) is 5.69 Å². The number of nitro groups is 1. The Kier molecular flexibility index (Phi) is 6.10. The van der Waals surface area contributed by atoms with Crippen LogP contribution in [0.2, 0.25) is 0 Å². The standard InChI is InChI=1S/C17H15FN4O4/c1-11-2-3-12(8-15(11)22(25)26)10-19-21-17(24)9-16(23)20-14-6-4-13(18)5-7-14/h2-8,10H,9H2,1H3,(H,20,23)(H,21,24). The number of hydrogen-bond donors (Lipinski definition) is 2. The molecule has 0 radical (unpaired) electrons. The van der Waals surface area contributed by atoms with Crippen molar-refractivity contribution in [3.8, 4) is 0 Å². The van der Waals surface area contributed by atoms with E-state index in [9.17, 15) is 24.1 Å². The number of benzene rings is 2. The predicted octanol–water partition coefficient (Wildman–Crippen LogP) is 2.52. The Hall–Kier alpha value is -3.62. The highest BCUT2D eigenvalue weighted by Crippen LogP contribution is 2.18. The molecule has 0 bridgehead atoms. The number of nitro benzene ring substituents is 1. The van der Waals surface area contributed by atoms with Crippen molar-refractivity contribution < 1.29 is 18.9 Å². The molecule has 0 aliphatic carbocycles. The van der Waals surface area contributed by atoms with Gasteiger partial charge in [-0.05, 0) is 31.2 Å². The molecule has 2 aromatic rings. The number of anilines is 1. The molecule has 2 N–H and O–H groups in total. The lowest BCUT2D eigenvalue weighted by Crippen LogP contribution is -2.24. The van der Waals surface area contributed by atoms with E-state index in [-0.39, 0.29) is 5.69 Å². The van der Waals surface area contributed by atoms with Crippen LogP contribution in [0.4, 0.5) is 15.8 Å². The van der Waals surface area contributed by atoms with E-state index in [0.29, 0.717) is 16.8 Å². The van der Waals surface area contributed by atoms with Crippen LogP contribution in [-0.2, 0) is 9.59 Å². The summed E-state index contributed by atoms with van der Waals surface area (Å²) in [6, 6.07) is 9.60. The zero-order valence-electron chi connectivity index (χ0n) is 13.7. The SMILES string of the molecule is Cc1ccc(C=NNC(=O)CC(=O)Nc2ccc(F)cc2)cc1[N+](=O)[O-]. The molecule has 2 rings (SSSR count). The van der Waals surface area contributed by atoms with Gasteiger partial charge >= 0.3 is 0 Å². The van der Waals surface area contributed by atoms with Gasteiger partial charge in [-0.25, -0.2) is 9.82 Å². The van der Waals surface area contributed by atoms with Crippen LogP contribution in [0.25, 0.3) is 0 Å². The lowest BCUT2D eigenvalue weighted by atomic mass is 10.1. The van der Waals surface area contributed by atoms with Crippen LogP contribution in [0.5, 0.6) is 0 Å². The van der Waals surface area contributed by atoms with E-state index < -0.39 is 29.0 Å². The normalized spacial score (nSPS) is 10.5. The molecule has 0 fully saturated rings. The van der Waals surface area contributed by atoms with Crippen molar-refractivity contribution in [2.24, 2.45) is 5.10 Å². The number of hydrogen-bond acceptors (Lipinski definition) is 5. The van der Waals surface area contributed by atoms with E-state index in [1.54, 1.807) is 19.1 Å². The average molecular weight is 358 g/mol. The number of carbonyl (C=O) groups excluding carboxylic acids is 2. The number of amides is 2. The van der Waals surface area contributed by atoms with Crippen LogP contribution < -0.4 is 10.7 Å². The molecule has 2 amide bonds. The van der Waals surface area contributed by atoms with Gasteiger partial charge < -0.3 is 5.32 Å². The van der Waals surface area contributed by atoms with Crippen molar-refractivity contribution in [2.75, 3.05) is 5.32 Å². The Labute approximate surface area is 147 Å². The molecule has 0 saturated heterocycles. The van der Waals surface area contributed by atoms with Gasteiger partial charge in [0.05, 0.1) is 11.1 Å². The van der Waals surface area contributed by atoms with Crippen LogP contribution in [-0.4, -0.2) is 23.0 Å². The van der Waals surface area contributed by atoms with Gasteiger partial charge in [0.15, 0.2) is 0 Å². The van der Waals surface area contributed by atoms with Crippen molar-refractivity contribution in [3.63, 3.8) is 0 Å². The van der Waals surface area contributed by atoms with Gasteiger partial charge in [-0.2, -0.15) is 5.10 Å². The van der Waals surface area contributed by atoms with E-state index in [0.717, 1.165) is 0 Å². The largest absolute Gasteiger partial charge is 0.326 e. The van der Waals surface area contributed by atoms with E-state index in [1.807, 2.05) is 0 Å². The van der Waals surface area contributed by atoms with E-state index >= 15 is 0 Å². The van der Waals surface area contributed by atoms with E-state index in [1.165, 1.54) is 36.5 Å². The number of halogens is 1. The molecule has 0 unspecified atom stereocenters. The third-order valence-electron chi connectivity index (χ3n) is 3.28. The second kappa shape index (κ2) is 8.47. The highest BCUT2D eigenvalue weighted by Gasteiger charge is 2.11. The highest BCUT2D eigenvalue weighted by atomic mass is 19.1. The van der Waals surface area contributed by atoms with Crippen LogP contribution in [0.1, 0.15) is 17.5 Å². The second-order valence-corrected chi connectivity index (χ2v) is 5.33. The quantitative estimate of drug-likeness (QED) is 0.357. The van der Waals surface area contributed by atoms with Gasteiger partial charge in [0.1, 0.15) is 12.2 Å². The molecule has 26 heavy (non-hydrogen) atoms. The highest BCUT2D eigenvalue weighted by molar-refractivity contribution is 6.03. The summed E-state index contributed by atoms with van der Waals surface area (Å²) in [6.07, 6.45) is 0.755. The van der Waals surface area contributed by atoms with Crippen molar-refractivity contribution in [1.82, 2.24) is 5.43 Å². The Morgan fingerprint density at radius 2 is 1.88 bits per heavy atom. The molecular weight excluding hydrogens is 343 g/mol. The Bertz CT molecular complexity index is 866.